The molecule has 0 amide bonds. The molecule has 1 saturated carbocycles. The lowest BCUT2D eigenvalue weighted by Crippen LogP contribution is -2.61. The molecule has 6 N–H and O–H groups in total. The van der Waals surface area contributed by atoms with Crippen LogP contribution in [-0.4, -0.2) is 46.6 Å². The molecule has 0 aromatic heterocycles. The van der Waals surface area contributed by atoms with E-state index in [4.69, 9.17) is 36.9 Å². The van der Waals surface area contributed by atoms with Crippen LogP contribution in [0.5, 0.6) is 5.75 Å². The molecular formula is C19H28BClN2O6. The van der Waals surface area contributed by atoms with Crippen LogP contribution >= 0.6 is 11.6 Å². The third-order valence-corrected chi connectivity index (χ3v) is 6.36. The Morgan fingerprint density at radius 3 is 2.79 bits per heavy atom. The van der Waals surface area contributed by atoms with E-state index in [1.54, 1.807) is 0 Å². The lowest BCUT2D eigenvalue weighted by Gasteiger charge is -2.45. The molecule has 29 heavy (non-hydrogen) atoms. The van der Waals surface area contributed by atoms with Crippen molar-refractivity contribution in [3.8, 4) is 5.75 Å². The van der Waals surface area contributed by atoms with E-state index in [1.807, 2.05) is 12.1 Å². The van der Waals surface area contributed by atoms with Gasteiger partial charge in [0.2, 0.25) is 0 Å². The number of unbranched alkanes of at least 4 members (excludes halogenated alkanes) is 1. The van der Waals surface area contributed by atoms with Crippen LogP contribution in [0.3, 0.4) is 0 Å². The third-order valence-electron chi connectivity index (χ3n) is 6.01. The van der Waals surface area contributed by atoms with E-state index in [0.717, 1.165) is 16.9 Å². The maximum atomic E-state index is 11.8. The summed E-state index contributed by atoms with van der Waals surface area (Å²) in [4.78, 5) is 11.8. The molecule has 1 unspecified atom stereocenters. The number of hydrogen-bond acceptors (Lipinski definition) is 7. The Hall–Kier alpha value is -1.36. The number of halogens is 1. The molecule has 0 radical (unpaired) electrons. The first kappa shape index (κ1) is 22.3. The van der Waals surface area contributed by atoms with E-state index in [2.05, 4.69) is 5.32 Å². The topological polar surface area (TPSA) is 134 Å². The molecule has 0 saturated heterocycles. The Balaban J connectivity index is 1.52. The maximum Gasteiger partial charge on any atom is 0.451 e. The molecule has 1 atom stereocenters. The second-order valence-corrected chi connectivity index (χ2v) is 8.34. The number of ether oxygens (including phenoxy) is 2. The third kappa shape index (κ3) is 5.23. The molecule has 1 aliphatic heterocycles. The summed E-state index contributed by atoms with van der Waals surface area (Å²) in [5.74, 6) is -0.341. The van der Waals surface area contributed by atoms with E-state index in [-0.39, 0.29) is 25.1 Å². The lowest BCUT2D eigenvalue weighted by molar-refractivity contribution is -0.148. The van der Waals surface area contributed by atoms with Crippen LogP contribution in [0.1, 0.15) is 43.2 Å². The first-order chi connectivity index (χ1) is 13.8. The van der Waals surface area contributed by atoms with E-state index >= 15 is 0 Å². The van der Waals surface area contributed by atoms with Gasteiger partial charge in [-0.2, -0.15) is 0 Å². The number of nitrogens with two attached hydrogens (primary N) is 1. The van der Waals surface area contributed by atoms with Crippen molar-refractivity contribution >= 4 is 24.7 Å². The number of carboxylic acid groups (broad SMARTS) is 1. The summed E-state index contributed by atoms with van der Waals surface area (Å²) < 4.78 is 10.9. The monoisotopic (exact) mass is 426 g/mol. The first-order valence-corrected chi connectivity index (χ1v) is 10.3. The smallest absolute Gasteiger partial charge is 0.451 e. The highest BCUT2D eigenvalue weighted by Crippen LogP contribution is 2.39. The van der Waals surface area contributed by atoms with Gasteiger partial charge >= 0.3 is 13.1 Å². The first-order valence-electron chi connectivity index (χ1n) is 9.94. The van der Waals surface area contributed by atoms with Crippen molar-refractivity contribution < 1.29 is 29.4 Å². The fourth-order valence-corrected chi connectivity index (χ4v) is 4.30. The van der Waals surface area contributed by atoms with Gasteiger partial charge in [0.1, 0.15) is 11.3 Å². The minimum absolute atomic E-state index is 0.122. The van der Waals surface area contributed by atoms with Gasteiger partial charge in [-0.15, -0.1) is 0 Å². The molecule has 1 heterocycles. The van der Waals surface area contributed by atoms with Gasteiger partial charge in [0, 0.05) is 23.2 Å². The highest BCUT2D eigenvalue weighted by molar-refractivity contribution is 6.40. The second kappa shape index (κ2) is 9.64. The van der Waals surface area contributed by atoms with Crippen molar-refractivity contribution in [3.05, 3.63) is 28.3 Å². The standard InChI is InChI=1S/C19H28BClN2O6/c21-16-3-4-17-15(10-28-11-29-17)14(16)9-23-13-7-12(8-13)19(22,18(24)25)5-1-2-6-20(26)27/h3-4,12-13,23,26-27H,1-2,5-11,22H2,(H,24,25). The molecule has 1 aromatic rings. The van der Waals surface area contributed by atoms with Gasteiger partial charge in [-0.25, -0.2) is 0 Å². The van der Waals surface area contributed by atoms with Crippen LogP contribution in [0.2, 0.25) is 11.3 Å². The molecule has 3 rings (SSSR count). The molecule has 2 aliphatic rings. The zero-order chi connectivity index (χ0) is 21.0. The highest BCUT2D eigenvalue weighted by Gasteiger charge is 2.48. The number of hydrogen-bond donors (Lipinski definition) is 5. The molecular weight excluding hydrogens is 398 g/mol. The van der Waals surface area contributed by atoms with Crippen molar-refractivity contribution in [1.82, 2.24) is 5.32 Å². The fourth-order valence-electron chi connectivity index (χ4n) is 4.06. The number of rotatable bonds is 10. The Labute approximate surface area is 175 Å². The van der Waals surface area contributed by atoms with E-state index in [9.17, 15) is 9.90 Å². The van der Waals surface area contributed by atoms with Gasteiger partial charge in [0.15, 0.2) is 6.79 Å². The van der Waals surface area contributed by atoms with Gasteiger partial charge in [0.25, 0.3) is 0 Å². The summed E-state index contributed by atoms with van der Waals surface area (Å²) in [5.41, 5.74) is 6.83. The van der Waals surface area contributed by atoms with Gasteiger partial charge in [-0.1, -0.05) is 24.4 Å². The van der Waals surface area contributed by atoms with Crippen LogP contribution < -0.4 is 15.8 Å². The number of aliphatic carboxylic acids is 1. The maximum absolute atomic E-state index is 11.8. The number of nitrogens with one attached hydrogen (secondary N) is 1. The molecule has 1 fully saturated rings. The van der Waals surface area contributed by atoms with Crippen molar-refractivity contribution in [2.24, 2.45) is 11.7 Å². The Kier molecular flexibility index (Phi) is 7.42. The minimum Gasteiger partial charge on any atom is -0.480 e. The number of benzene rings is 1. The summed E-state index contributed by atoms with van der Waals surface area (Å²) in [7, 11) is -1.37. The molecule has 1 aromatic carbocycles. The normalized spacial score (nSPS) is 22.8. The van der Waals surface area contributed by atoms with Gasteiger partial charge in [0.05, 0.1) is 6.61 Å². The van der Waals surface area contributed by atoms with E-state index < -0.39 is 18.6 Å². The van der Waals surface area contributed by atoms with Crippen LogP contribution in [0, 0.1) is 5.92 Å². The van der Waals surface area contributed by atoms with Crippen molar-refractivity contribution in [1.29, 1.82) is 0 Å². The predicted molar refractivity (Wildman–Crippen MR) is 108 cm³/mol. The van der Waals surface area contributed by atoms with Crippen LogP contribution in [0.25, 0.3) is 0 Å². The lowest BCUT2D eigenvalue weighted by atomic mass is 9.66. The van der Waals surface area contributed by atoms with Crippen molar-refractivity contribution in [2.75, 3.05) is 6.79 Å². The van der Waals surface area contributed by atoms with Crippen LogP contribution in [-0.2, 0) is 22.7 Å². The Morgan fingerprint density at radius 1 is 1.34 bits per heavy atom. The van der Waals surface area contributed by atoms with Gasteiger partial charge < -0.3 is 35.7 Å². The summed E-state index contributed by atoms with van der Waals surface area (Å²) >= 11 is 6.36. The van der Waals surface area contributed by atoms with Crippen LogP contribution in [0.15, 0.2) is 12.1 Å². The number of fused-ring (bicyclic) bond motifs is 1. The number of carboxylic acids is 1. The second-order valence-electron chi connectivity index (χ2n) is 7.93. The highest BCUT2D eigenvalue weighted by atomic mass is 35.5. The largest absolute Gasteiger partial charge is 0.480 e. The average molecular weight is 427 g/mol. The Morgan fingerprint density at radius 2 is 2.10 bits per heavy atom. The zero-order valence-corrected chi connectivity index (χ0v) is 17.0. The summed E-state index contributed by atoms with van der Waals surface area (Å²) in [6.45, 7) is 1.23. The molecule has 0 spiro atoms. The molecule has 8 nitrogen and oxygen atoms in total. The minimum atomic E-state index is -1.37. The molecule has 10 heteroatoms. The van der Waals surface area contributed by atoms with Crippen molar-refractivity contribution in [2.45, 2.75) is 63.2 Å². The number of carbonyl (C=O) groups is 1. The van der Waals surface area contributed by atoms with Gasteiger partial charge in [-0.3, -0.25) is 4.79 Å². The molecule has 160 valence electrons. The summed E-state index contributed by atoms with van der Waals surface area (Å²) in [5, 5.41) is 31.6. The molecule has 0 bridgehead atoms. The Bertz CT molecular complexity index is 731. The van der Waals surface area contributed by atoms with Crippen LogP contribution in [0.4, 0.5) is 0 Å². The summed E-state index contributed by atoms with van der Waals surface area (Å²) in [6.07, 6.45) is 2.95. The quantitative estimate of drug-likeness (QED) is 0.281. The van der Waals surface area contributed by atoms with Gasteiger partial charge in [-0.05, 0) is 49.2 Å². The average Bonchev–Trinajstić information content (AvgIpc) is 2.65. The zero-order valence-electron chi connectivity index (χ0n) is 16.3. The fraction of sp³-hybridized carbons (Fsp3) is 0.632. The summed E-state index contributed by atoms with van der Waals surface area (Å²) in [6, 6.07) is 3.82. The molecule has 1 aliphatic carbocycles. The predicted octanol–water partition coefficient (Wildman–Crippen LogP) is 1.50. The van der Waals surface area contributed by atoms with E-state index in [0.29, 0.717) is 50.3 Å². The van der Waals surface area contributed by atoms with E-state index in [1.165, 1.54) is 0 Å². The SMILES string of the molecule is NC(CCCCB(O)O)(C(=O)O)C1CC(NCc2c(Cl)ccc3c2COCO3)C1. The van der Waals surface area contributed by atoms with Crippen molar-refractivity contribution in [3.63, 3.8) is 0 Å².